The standard InChI is InChI=1S/C65H129NO8/c1-3-5-7-9-11-13-15-17-19-21-23-25-27-29-31-33-35-37-39-41-43-45-47-49-51-53-55-61(69)66-58(57-73-65-64(72)63(71)62(70)60(56-67)74-65)59(68)54-52-50-48-46-44-42-40-38-36-34-32-30-28-26-24-22-20-18-16-14-12-10-8-6-4-2/h58-60,62-65,67-68,70-72H,3-57H2,1-2H3,(H,66,69). The van der Waals surface area contributed by atoms with Crippen molar-refractivity contribution in [1.82, 2.24) is 5.32 Å². The van der Waals surface area contributed by atoms with Gasteiger partial charge in [0.2, 0.25) is 5.91 Å². The first-order chi connectivity index (χ1) is 36.3. The normalized spacial score (nSPS) is 18.8. The number of hydrogen-bond acceptors (Lipinski definition) is 8. The zero-order valence-corrected chi connectivity index (χ0v) is 49.4. The van der Waals surface area contributed by atoms with Gasteiger partial charge in [-0.3, -0.25) is 4.79 Å². The molecule has 1 saturated heterocycles. The molecule has 7 unspecified atom stereocenters. The van der Waals surface area contributed by atoms with E-state index in [4.69, 9.17) is 9.47 Å². The number of amides is 1. The second-order valence-electron chi connectivity index (χ2n) is 23.6. The van der Waals surface area contributed by atoms with E-state index in [9.17, 15) is 30.3 Å². The zero-order valence-electron chi connectivity index (χ0n) is 49.4. The van der Waals surface area contributed by atoms with Gasteiger partial charge in [-0.2, -0.15) is 0 Å². The van der Waals surface area contributed by atoms with E-state index < -0.39 is 49.5 Å². The zero-order chi connectivity index (χ0) is 53.6. The van der Waals surface area contributed by atoms with Gasteiger partial charge in [0, 0.05) is 6.42 Å². The van der Waals surface area contributed by atoms with Crippen LogP contribution in [0.15, 0.2) is 0 Å². The number of hydrogen-bond donors (Lipinski definition) is 6. The Kier molecular flexibility index (Phi) is 53.4. The number of carbonyl (C=O) groups excluding carboxylic acids is 1. The molecule has 74 heavy (non-hydrogen) atoms. The van der Waals surface area contributed by atoms with Crippen molar-refractivity contribution in [1.29, 1.82) is 0 Å². The first-order valence-electron chi connectivity index (χ1n) is 33.2. The maximum atomic E-state index is 13.1. The Morgan fingerprint density at radius 2 is 0.676 bits per heavy atom. The summed E-state index contributed by atoms with van der Waals surface area (Å²) < 4.78 is 11.4. The summed E-state index contributed by atoms with van der Waals surface area (Å²) >= 11 is 0. The number of aliphatic hydroxyl groups excluding tert-OH is 5. The monoisotopic (exact) mass is 1050 g/mol. The van der Waals surface area contributed by atoms with E-state index >= 15 is 0 Å². The summed E-state index contributed by atoms with van der Waals surface area (Å²) in [5.41, 5.74) is 0. The molecule has 0 aliphatic carbocycles. The van der Waals surface area contributed by atoms with Crippen molar-refractivity contribution in [2.45, 2.75) is 397 Å². The molecule has 0 aromatic heterocycles. The Labute approximate surface area is 459 Å². The summed E-state index contributed by atoms with van der Waals surface area (Å²) in [5, 5.41) is 54.9. The molecule has 0 saturated carbocycles. The Morgan fingerprint density at radius 1 is 0.405 bits per heavy atom. The lowest BCUT2D eigenvalue weighted by Gasteiger charge is -2.40. The molecule has 0 radical (unpaired) electrons. The first kappa shape index (κ1) is 71.2. The van der Waals surface area contributed by atoms with Crippen molar-refractivity contribution in [3.05, 3.63) is 0 Å². The number of ether oxygens (including phenoxy) is 2. The quantitative estimate of drug-likeness (QED) is 0.0330. The van der Waals surface area contributed by atoms with Crippen LogP contribution in [0.4, 0.5) is 0 Å². The average molecular weight is 1050 g/mol. The van der Waals surface area contributed by atoms with E-state index in [1.165, 1.54) is 289 Å². The second-order valence-corrected chi connectivity index (χ2v) is 23.6. The minimum Gasteiger partial charge on any atom is -0.394 e. The Hall–Kier alpha value is -0.810. The van der Waals surface area contributed by atoms with E-state index in [1.54, 1.807) is 0 Å². The summed E-state index contributed by atoms with van der Waals surface area (Å²) in [6.07, 6.45) is 61.6. The fourth-order valence-corrected chi connectivity index (χ4v) is 11.2. The van der Waals surface area contributed by atoms with Crippen molar-refractivity contribution in [3.63, 3.8) is 0 Å². The molecule has 1 aliphatic rings. The molecule has 6 N–H and O–H groups in total. The van der Waals surface area contributed by atoms with Crippen LogP contribution in [0.3, 0.4) is 0 Å². The highest BCUT2D eigenvalue weighted by atomic mass is 16.7. The van der Waals surface area contributed by atoms with Crippen LogP contribution in [-0.2, 0) is 14.3 Å². The fraction of sp³-hybridized carbons (Fsp3) is 0.985. The summed E-state index contributed by atoms with van der Waals surface area (Å²) in [6, 6.07) is -0.715. The molecule has 1 rings (SSSR count). The molecule has 0 aromatic rings. The Bertz CT molecular complexity index is 1130. The van der Waals surface area contributed by atoms with Crippen molar-refractivity contribution >= 4 is 5.91 Å². The van der Waals surface area contributed by atoms with Crippen molar-refractivity contribution in [3.8, 4) is 0 Å². The van der Waals surface area contributed by atoms with Gasteiger partial charge in [-0.25, -0.2) is 0 Å². The van der Waals surface area contributed by atoms with E-state index in [-0.39, 0.29) is 12.5 Å². The van der Waals surface area contributed by atoms with Crippen LogP contribution in [0.5, 0.6) is 0 Å². The van der Waals surface area contributed by atoms with Crippen LogP contribution in [0, 0.1) is 0 Å². The highest BCUT2D eigenvalue weighted by Gasteiger charge is 2.44. The molecule has 9 heteroatoms. The summed E-state index contributed by atoms with van der Waals surface area (Å²) in [4.78, 5) is 13.1. The average Bonchev–Trinajstić information content (AvgIpc) is 3.40. The van der Waals surface area contributed by atoms with Crippen LogP contribution in [0.1, 0.15) is 354 Å². The number of unbranched alkanes of at least 4 members (excludes halogenated alkanes) is 49. The van der Waals surface area contributed by atoms with Crippen molar-refractivity contribution in [2.24, 2.45) is 0 Å². The smallest absolute Gasteiger partial charge is 0.220 e. The maximum absolute atomic E-state index is 13.1. The lowest BCUT2D eigenvalue weighted by atomic mass is 9.99. The van der Waals surface area contributed by atoms with E-state index in [2.05, 4.69) is 19.2 Å². The van der Waals surface area contributed by atoms with Gasteiger partial charge in [-0.05, 0) is 12.8 Å². The maximum Gasteiger partial charge on any atom is 0.220 e. The highest BCUT2D eigenvalue weighted by molar-refractivity contribution is 5.76. The molecule has 1 aliphatic heterocycles. The van der Waals surface area contributed by atoms with Crippen LogP contribution in [0.2, 0.25) is 0 Å². The molecular weight excluding hydrogens is 923 g/mol. The Morgan fingerprint density at radius 3 is 0.959 bits per heavy atom. The van der Waals surface area contributed by atoms with Crippen LogP contribution < -0.4 is 5.32 Å². The molecule has 0 spiro atoms. The SMILES string of the molecule is CCCCCCCCCCCCCCCCCCCCCCCCCCCCC(=O)NC(COC1OC(CO)C(O)C(O)C1O)C(O)CCCCCCCCCCCCCCCCCCCCCCCCCCC. The van der Waals surface area contributed by atoms with Crippen LogP contribution >= 0.6 is 0 Å². The molecule has 9 nitrogen and oxygen atoms in total. The van der Waals surface area contributed by atoms with Crippen LogP contribution in [0.25, 0.3) is 0 Å². The highest BCUT2D eigenvalue weighted by Crippen LogP contribution is 2.24. The summed E-state index contributed by atoms with van der Waals surface area (Å²) in [7, 11) is 0. The number of carbonyl (C=O) groups is 1. The predicted octanol–water partition coefficient (Wildman–Crippen LogP) is 17.4. The van der Waals surface area contributed by atoms with Gasteiger partial charge < -0.3 is 40.3 Å². The largest absolute Gasteiger partial charge is 0.394 e. The molecule has 7 atom stereocenters. The van der Waals surface area contributed by atoms with Gasteiger partial charge in [0.25, 0.3) is 0 Å². The molecule has 1 heterocycles. The first-order valence-corrected chi connectivity index (χ1v) is 33.2. The predicted molar refractivity (Wildman–Crippen MR) is 314 cm³/mol. The number of rotatable bonds is 59. The molecule has 442 valence electrons. The van der Waals surface area contributed by atoms with Gasteiger partial charge in [-0.15, -0.1) is 0 Å². The lowest BCUT2D eigenvalue weighted by molar-refractivity contribution is -0.302. The van der Waals surface area contributed by atoms with Gasteiger partial charge in [0.1, 0.15) is 24.4 Å². The molecular formula is C65H129NO8. The van der Waals surface area contributed by atoms with E-state index in [0.717, 1.165) is 38.5 Å². The third-order valence-corrected chi connectivity index (χ3v) is 16.5. The van der Waals surface area contributed by atoms with Gasteiger partial charge in [0.05, 0.1) is 25.4 Å². The second kappa shape index (κ2) is 55.5. The molecule has 1 amide bonds. The lowest BCUT2D eigenvalue weighted by Crippen LogP contribution is -2.60. The molecule has 0 bridgehead atoms. The van der Waals surface area contributed by atoms with E-state index in [1.807, 2.05) is 0 Å². The Balaban J connectivity index is 2.12. The van der Waals surface area contributed by atoms with Gasteiger partial charge in [-0.1, -0.05) is 335 Å². The summed E-state index contributed by atoms with van der Waals surface area (Å²) in [5.74, 6) is -0.134. The topological polar surface area (TPSA) is 149 Å². The number of aliphatic hydroxyl groups is 5. The third kappa shape index (κ3) is 44.1. The van der Waals surface area contributed by atoms with Crippen LogP contribution in [-0.4, -0.2) is 87.5 Å². The molecule has 0 aromatic carbocycles. The summed E-state index contributed by atoms with van der Waals surface area (Å²) in [6.45, 7) is 3.91. The van der Waals surface area contributed by atoms with E-state index in [0.29, 0.717) is 12.8 Å². The number of nitrogens with one attached hydrogen (secondary N) is 1. The van der Waals surface area contributed by atoms with Gasteiger partial charge in [0.15, 0.2) is 6.29 Å². The molecule has 1 fully saturated rings. The third-order valence-electron chi connectivity index (χ3n) is 16.5. The minimum atomic E-state index is -1.55. The van der Waals surface area contributed by atoms with Crippen molar-refractivity contribution in [2.75, 3.05) is 13.2 Å². The van der Waals surface area contributed by atoms with Gasteiger partial charge >= 0.3 is 0 Å². The van der Waals surface area contributed by atoms with Crippen molar-refractivity contribution < 1.29 is 39.8 Å². The minimum absolute atomic E-state index is 0.130. The fourth-order valence-electron chi connectivity index (χ4n) is 11.2.